The van der Waals surface area contributed by atoms with Crippen molar-refractivity contribution < 1.29 is 47.4 Å². The van der Waals surface area contributed by atoms with Crippen molar-refractivity contribution in [1.29, 1.82) is 0 Å². The second kappa shape index (κ2) is 15.6. The van der Waals surface area contributed by atoms with Gasteiger partial charge in [0.05, 0.1) is 18.4 Å². The molecule has 0 fully saturated rings. The molecule has 20 heteroatoms. The quantitative estimate of drug-likeness (QED) is 0.106. The lowest BCUT2D eigenvalue weighted by molar-refractivity contribution is -0.170. The number of H-pyrrole nitrogens is 1. The van der Waals surface area contributed by atoms with Crippen LogP contribution in [0.2, 0.25) is 0 Å². The van der Waals surface area contributed by atoms with Crippen LogP contribution in [-0.4, -0.2) is 84.6 Å². The van der Waals surface area contributed by atoms with Crippen molar-refractivity contribution in [1.82, 2.24) is 30.6 Å². The van der Waals surface area contributed by atoms with Crippen LogP contribution in [-0.2, 0) is 25.7 Å². The van der Waals surface area contributed by atoms with Gasteiger partial charge in [0.1, 0.15) is 12.1 Å². The third-order valence-electron chi connectivity index (χ3n) is 6.58. The van der Waals surface area contributed by atoms with E-state index in [1.807, 2.05) is 0 Å². The Morgan fingerprint density at radius 3 is 2.19 bits per heavy atom. The number of nitrogens with two attached hydrogens (primary N) is 2. The molecule has 3 amide bonds. The third-order valence-corrected chi connectivity index (χ3v) is 6.58. The summed E-state index contributed by atoms with van der Waals surface area (Å²) in [6.07, 6.45) is -4.09. The summed E-state index contributed by atoms with van der Waals surface area (Å²) in [4.78, 5) is 86.7. The highest BCUT2D eigenvalue weighted by Crippen LogP contribution is 2.26. The van der Waals surface area contributed by atoms with Crippen molar-refractivity contribution in [2.75, 3.05) is 17.2 Å². The Kier molecular flexibility index (Phi) is 11.9. The monoisotopic (exact) mass is 665 g/mol. The zero-order valence-corrected chi connectivity index (χ0v) is 24.4. The van der Waals surface area contributed by atoms with E-state index in [0.717, 1.165) is 30.5 Å². The van der Waals surface area contributed by atoms with Gasteiger partial charge in [0, 0.05) is 17.7 Å². The Balaban J connectivity index is 1.73. The number of anilines is 2. The van der Waals surface area contributed by atoms with Crippen molar-refractivity contribution in [3.8, 4) is 0 Å². The Morgan fingerprint density at radius 2 is 1.60 bits per heavy atom. The predicted octanol–water partition coefficient (Wildman–Crippen LogP) is 0.0524. The number of carboxylic acids is 2. The van der Waals surface area contributed by atoms with Gasteiger partial charge >= 0.3 is 24.0 Å². The van der Waals surface area contributed by atoms with Gasteiger partial charge in [0.25, 0.3) is 11.5 Å². The Bertz CT molecular complexity index is 1700. The summed E-state index contributed by atoms with van der Waals surface area (Å²) in [5.74, 6) is -7.06. The zero-order valence-electron chi connectivity index (χ0n) is 24.4. The minimum absolute atomic E-state index is 0.113. The van der Waals surface area contributed by atoms with Crippen LogP contribution in [0.1, 0.15) is 48.2 Å². The van der Waals surface area contributed by atoms with E-state index in [1.54, 1.807) is 0 Å². The van der Waals surface area contributed by atoms with Gasteiger partial charge in [0.15, 0.2) is 11.2 Å². The molecule has 0 radical (unpaired) electrons. The number of nitrogens with one attached hydrogen (secondary N) is 3. The summed E-state index contributed by atoms with van der Waals surface area (Å²) < 4.78 is 40.5. The van der Waals surface area contributed by atoms with Crippen LogP contribution < -0.4 is 32.6 Å². The van der Waals surface area contributed by atoms with Gasteiger partial charge in [-0.05, 0) is 56.5 Å². The summed E-state index contributed by atoms with van der Waals surface area (Å²) in [6, 6.07) is 1.28. The van der Waals surface area contributed by atoms with Gasteiger partial charge in [-0.3, -0.25) is 29.1 Å². The van der Waals surface area contributed by atoms with Crippen molar-refractivity contribution >= 4 is 52.5 Å². The van der Waals surface area contributed by atoms with Crippen LogP contribution in [0, 0.1) is 0 Å². The molecule has 0 bridgehead atoms. The maximum absolute atomic E-state index is 13.5. The number of carboxylic acid groups (broad SMARTS) is 2. The second-order valence-electron chi connectivity index (χ2n) is 10.1. The van der Waals surface area contributed by atoms with E-state index in [9.17, 15) is 52.2 Å². The fraction of sp³-hybridized carbons (Fsp3) is 0.370. The summed E-state index contributed by atoms with van der Waals surface area (Å²) in [6.45, 7) is -0.457. The highest BCUT2D eigenvalue weighted by Gasteiger charge is 2.43. The van der Waals surface area contributed by atoms with Gasteiger partial charge in [-0.25, -0.2) is 19.6 Å². The highest BCUT2D eigenvalue weighted by atomic mass is 19.4. The molecule has 2 atom stereocenters. The predicted molar refractivity (Wildman–Crippen MR) is 157 cm³/mol. The average Bonchev–Trinajstić information content (AvgIpc) is 3.00. The van der Waals surface area contributed by atoms with Gasteiger partial charge < -0.3 is 32.3 Å². The van der Waals surface area contributed by atoms with Crippen LogP contribution in [0.15, 0.2) is 35.3 Å². The third kappa shape index (κ3) is 9.91. The van der Waals surface area contributed by atoms with Crippen LogP contribution in [0.3, 0.4) is 0 Å². The standard InChI is InChI=1S/C27H30F3N9O8/c28-27(29,30)25(47)39(12-14-11-33-20-19(34-14)22(42)38-26(32)37-20)15-6-4-13(5-7-15)21(41)36-17(24(45)46)8-9-18(40)35-16(23(43)44)3-1-2-10-31/h4-7,11,16-17H,1-3,8-10,12,31H2,(H,35,40)(H,36,41)(H,43,44)(H,45,46)(H3,32,33,37,38,42)/t16-,17-/m0/s1. The van der Waals surface area contributed by atoms with Crippen LogP contribution in [0.4, 0.5) is 24.8 Å². The molecule has 0 spiro atoms. The normalized spacial score (nSPS) is 12.6. The number of aliphatic carboxylic acids is 2. The zero-order chi connectivity index (χ0) is 34.9. The number of aromatic amines is 1. The first-order chi connectivity index (χ1) is 22.1. The molecule has 0 saturated heterocycles. The van der Waals surface area contributed by atoms with E-state index in [1.165, 1.54) is 0 Å². The Labute approximate surface area is 262 Å². The summed E-state index contributed by atoms with van der Waals surface area (Å²) >= 11 is 0. The number of amides is 3. The van der Waals surface area contributed by atoms with E-state index in [4.69, 9.17) is 11.5 Å². The lowest BCUT2D eigenvalue weighted by Gasteiger charge is -2.24. The summed E-state index contributed by atoms with van der Waals surface area (Å²) in [5, 5.41) is 23.3. The van der Waals surface area contributed by atoms with Crippen molar-refractivity contribution in [3.63, 3.8) is 0 Å². The fourth-order valence-electron chi connectivity index (χ4n) is 4.23. The maximum Gasteiger partial charge on any atom is 0.471 e. The summed E-state index contributed by atoms with van der Waals surface area (Å²) in [7, 11) is 0. The molecule has 17 nitrogen and oxygen atoms in total. The van der Waals surface area contributed by atoms with E-state index < -0.39 is 72.9 Å². The lowest BCUT2D eigenvalue weighted by Crippen LogP contribution is -2.44. The van der Waals surface area contributed by atoms with Crippen molar-refractivity contribution in [3.05, 3.63) is 52.1 Å². The number of carbonyl (C=O) groups excluding carboxylic acids is 3. The number of hydrogen-bond acceptors (Lipinski definition) is 11. The summed E-state index contributed by atoms with van der Waals surface area (Å²) in [5.41, 5.74) is 8.75. The van der Waals surface area contributed by atoms with Gasteiger partial charge in [0.2, 0.25) is 11.9 Å². The minimum atomic E-state index is -5.33. The molecule has 0 unspecified atom stereocenters. The number of benzene rings is 1. The van der Waals surface area contributed by atoms with Crippen molar-refractivity contribution in [2.45, 2.75) is 56.9 Å². The van der Waals surface area contributed by atoms with Crippen LogP contribution >= 0.6 is 0 Å². The first kappa shape index (κ1) is 35.8. The number of carbonyl (C=O) groups is 5. The van der Waals surface area contributed by atoms with E-state index >= 15 is 0 Å². The van der Waals surface area contributed by atoms with E-state index in [2.05, 4.69) is 30.6 Å². The minimum Gasteiger partial charge on any atom is -0.480 e. The average molecular weight is 666 g/mol. The molecule has 0 aliphatic carbocycles. The smallest absolute Gasteiger partial charge is 0.471 e. The molecule has 47 heavy (non-hydrogen) atoms. The molecular weight excluding hydrogens is 635 g/mol. The number of nitrogens with zero attached hydrogens (tertiary/aromatic N) is 4. The molecule has 1 aromatic carbocycles. The number of unbranched alkanes of at least 4 members (excludes halogenated alkanes) is 1. The number of aromatic nitrogens is 4. The van der Waals surface area contributed by atoms with Gasteiger partial charge in [-0.2, -0.15) is 18.2 Å². The molecule has 0 saturated carbocycles. The second-order valence-corrected chi connectivity index (χ2v) is 10.1. The molecule has 3 rings (SSSR count). The number of fused-ring (bicyclic) bond motifs is 1. The molecule has 9 N–H and O–H groups in total. The van der Waals surface area contributed by atoms with E-state index in [-0.39, 0.29) is 45.4 Å². The topological polar surface area (TPSA) is 277 Å². The molecule has 2 aromatic heterocycles. The number of nitrogen functional groups attached to an aromatic ring is 1. The molecular formula is C27H30F3N9O8. The molecule has 252 valence electrons. The van der Waals surface area contributed by atoms with Crippen LogP contribution in [0.5, 0.6) is 0 Å². The van der Waals surface area contributed by atoms with E-state index in [0.29, 0.717) is 19.4 Å². The largest absolute Gasteiger partial charge is 0.480 e. The number of hydrogen-bond donors (Lipinski definition) is 7. The molecule has 3 aromatic rings. The highest BCUT2D eigenvalue weighted by molar-refractivity contribution is 5.99. The van der Waals surface area contributed by atoms with Crippen molar-refractivity contribution in [2.24, 2.45) is 5.73 Å². The fourth-order valence-corrected chi connectivity index (χ4v) is 4.23. The van der Waals surface area contributed by atoms with Crippen LogP contribution in [0.25, 0.3) is 11.2 Å². The van der Waals surface area contributed by atoms with Gasteiger partial charge in [-0.15, -0.1) is 0 Å². The molecule has 2 heterocycles. The lowest BCUT2D eigenvalue weighted by atomic mass is 10.1. The number of rotatable bonds is 15. The maximum atomic E-state index is 13.5. The molecule has 0 aliphatic heterocycles. The SMILES string of the molecule is NCCCC[C@H](NC(=O)CC[C@H](NC(=O)c1ccc(N(Cc2cnc3nc(N)[nH]c(=O)c3n2)C(=O)C(F)(F)F)cc1)C(=O)O)C(=O)O. The number of halogens is 3. The number of alkyl halides is 3. The Hall–Kier alpha value is -5.66. The first-order valence-electron chi connectivity index (χ1n) is 13.9. The van der Waals surface area contributed by atoms with Gasteiger partial charge in [-0.1, -0.05) is 0 Å². The first-order valence-corrected chi connectivity index (χ1v) is 13.9. The Morgan fingerprint density at radius 1 is 0.957 bits per heavy atom. The molecule has 0 aliphatic rings.